The molecule has 0 aliphatic carbocycles. The molecule has 0 aromatic rings. The van der Waals surface area contributed by atoms with Crippen LogP contribution in [0.2, 0.25) is 0 Å². The Morgan fingerprint density at radius 3 is 2.33 bits per heavy atom. The van der Waals surface area contributed by atoms with Gasteiger partial charge in [0.1, 0.15) is 6.10 Å². The van der Waals surface area contributed by atoms with Crippen molar-refractivity contribution in [1.82, 2.24) is 0 Å². The summed E-state index contributed by atoms with van der Waals surface area (Å²) in [5.41, 5.74) is 0. The van der Waals surface area contributed by atoms with Gasteiger partial charge in [-0.15, -0.1) is 0 Å². The minimum Gasteiger partial charge on any atom is -0.370 e. The van der Waals surface area contributed by atoms with Gasteiger partial charge in [-0.05, 0) is 33.6 Å². The molecule has 0 aromatic heterocycles. The van der Waals surface area contributed by atoms with Crippen molar-refractivity contribution in [3.63, 3.8) is 0 Å². The highest BCUT2D eigenvalue weighted by Crippen LogP contribution is 2.30. The molecule has 0 N–H and O–H groups in total. The van der Waals surface area contributed by atoms with Crippen molar-refractivity contribution in [2.24, 2.45) is 0 Å². The Balaban J connectivity index is 2.68. The molecule has 1 unspecified atom stereocenters. The van der Waals surface area contributed by atoms with Gasteiger partial charge in [0.15, 0.2) is 0 Å². The summed E-state index contributed by atoms with van der Waals surface area (Å²) < 4.78 is 22.5. The largest absolute Gasteiger partial charge is 0.370 e. The van der Waals surface area contributed by atoms with Gasteiger partial charge in [-0.2, -0.15) is 0 Å². The first kappa shape index (κ1) is 12.9. The summed E-state index contributed by atoms with van der Waals surface area (Å²) in [4.78, 5) is 0. The minimum absolute atomic E-state index is 0.115. The predicted molar refractivity (Wildman–Crippen MR) is 56.6 cm³/mol. The van der Waals surface area contributed by atoms with Crippen LogP contribution in [0.25, 0.3) is 0 Å². The molecule has 90 valence electrons. The van der Waals surface area contributed by atoms with Crippen LogP contribution in [0, 0.1) is 0 Å². The van der Waals surface area contributed by atoms with Crippen LogP contribution in [-0.4, -0.2) is 38.5 Å². The van der Waals surface area contributed by atoms with E-state index in [1.165, 1.54) is 0 Å². The van der Waals surface area contributed by atoms with Crippen LogP contribution in [0.4, 0.5) is 0 Å². The number of ether oxygens (including phenoxy) is 4. The summed E-state index contributed by atoms with van der Waals surface area (Å²) >= 11 is 0. The zero-order chi connectivity index (χ0) is 11.1. The van der Waals surface area contributed by atoms with Gasteiger partial charge in [0, 0.05) is 19.8 Å². The molecule has 0 aromatic carbocycles. The van der Waals surface area contributed by atoms with Crippen LogP contribution in [0.1, 0.15) is 33.6 Å². The van der Waals surface area contributed by atoms with Gasteiger partial charge < -0.3 is 18.9 Å². The normalized spacial score (nSPS) is 25.4. The molecular formula is C11H22O4. The summed E-state index contributed by atoms with van der Waals surface area (Å²) in [6.07, 6.45) is 1.80. The highest BCUT2D eigenvalue weighted by Gasteiger charge is 2.45. The van der Waals surface area contributed by atoms with E-state index in [9.17, 15) is 0 Å². The van der Waals surface area contributed by atoms with Gasteiger partial charge in [0.2, 0.25) is 0 Å². The lowest BCUT2D eigenvalue weighted by atomic mass is 10.1. The Labute approximate surface area is 91.8 Å². The first-order valence-electron chi connectivity index (χ1n) is 5.82. The van der Waals surface area contributed by atoms with E-state index in [2.05, 4.69) is 0 Å². The molecule has 0 spiro atoms. The van der Waals surface area contributed by atoms with E-state index in [0.29, 0.717) is 26.4 Å². The van der Waals surface area contributed by atoms with Crippen LogP contribution in [0.15, 0.2) is 0 Å². The Bertz CT molecular complexity index is 158. The molecule has 0 amide bonds. The fourth-order valence-corrected chi connectivity index (χ4v) is 1.85. The average Bonchev–Trinajstić information content (AvgIpc) is 2.23. The van der Waals surface area contributed by atoms with Gasteiger partial charge in [0.25, 0.3) is 0 Å². The summed E-state index contributed by atoms with van der Waals surface area (Å²) in [5.74, 6) is -0.974. The summed E-state index contributed by atoms with van der Waals surface area (Å²) in [6, 6.07) is 0. The summed E-state index contributed by atoms with van der Waals surface area (Å²) in [6.45, 7) is 8.27. The fourth-order valence-electron chi connectivity index (χ4n) is 1.85. The van der Waals surface area contributed by atoms with Gasteiger partial charge in [-0.25, -0.2) is 0 Å². The highest BCUT2D eigenvalue weighted by molar-refractivity contribution is 4.76. The molecule has 1 aliphatic heterocycles. The van der Waals surface area contributed by atoms with Crippen LogP contribution < -0.4 is 0 Å². The molecule has 1 fully saturated rings. The number of hydrogen-bond donors (Lipinski definition) is 0. The maximum Gasteiger partial charge on any atom is 0.310 e. The SMILES string of the molecule is CCOC1CCCOC1(OCC)OCC. The Hall–Kier alpha value is -0.160. The van der Waals surface area contributed by atoms with E-state index in [1.807, 2.05) is 20.8 Å². The van der Waals surface area contributed by atoms with Gasteiger partial charge >= 0.3 is 5.97 Å². The lowest BCUT2D eigenvalue weighted by molar-refractivity contribution is -0.426. The van der Waals surface area contributed by atoms with Crippen molar-refractivity contribution in [3.8, 4) is 0 Å². The number of hydrogen-bond acceptors (Lipinski definition) is 4. The van der Waals surface area contributed by atoms with E-state index in [0.717, 1.165) is 12.8 Å². The molecule has 1 rings (SSSR count). The molecule has 4 heteroatoms. The van der Waals surface area contributed by atoms with Crippen molar-refractivity contribution in [2.75, 3.05) is 26.4 Å². The third-order valence-corrected chi connectivity index (χ3v) is 2.37. The summed E-state index contributed by atoms with van der Waals surface area (Å²) in [7, 11) is 0. The van der Waals surface area contributed by atoms with Gasteiger partial charge in [0.05, 0.1) is 6.61 Å². The monoisotopic (exact) mass is 218 g/mol. The van der Waals surface area contributed by atoms with Crippen LogP contribution in [0.5, 0.6) is 0 Å². The molecule has 1 saturated heterocycles. The number of rotatable bonds is 6. The zero-order valence-corrected chi connectivity index (χ0v) is 9.95. The van der Waals surface area contributed by atoms with Crippen LogP contribution >= 0.6 is 0 Å². The Kier molecular flexibility index (Phi) is 5.53. The molecule has 1 aliphatic rings. The van der Waals surface area contributed by atoms with Crippen molar-refractivity contribution in [1.29, 1.82) is 0 Å². The van der Waals surface area contributed by atoms with E-state index in [-0.39, 0.29) is 6.10 Å². The van der Waals surface area contributed by atoms with E-state index in [1.54, 1.807) is 0 Å². The second kappa shape index (κ2) is 6.43. The van der Waals surface area contributed by atoms with E-state index >= 15 is 0 Å². The lowest BCUT2D eigenvalue weighted by Gasteiger charge is -2.41. The first-order valence-corrected chi connectivity index (χ1v) is 5.82. The molecule has 1 heterocycles. The zero-order valence-electron chi connectivity index (χ0n) is 9.95. The fraction of sp³-hybridized carbons (Fsp3) is 1.00. The third-order valence-electron chi connectivity index (χ3n) is 2.37. The topological polar surface area (TPSA) is 36.9 Å². The second-order valence-electron chi connectivity index (χ2n) is 3.40. The van der Waals surface area contributed by atoms with Gasteiger partial charge in [-0.1, -0.05) is 0 Å². The standard InChI is InChI=1S/C11H22O4/c1-4-12-10-8-7-9-15-11(10,13-5-2)14-6-3/h10H,4-9H2,1-3H3. The van der Waals surface area contributed by atoms with Crippen molar-refractivity contribution in [2.45, 2.75) is 45.7 Å². The molecular weight excluding hydrogens is 196 g/mol. The molecule has 0 bridgehead atoms. The molecule has 0 radical (unpaired) electrons. The van der Waals surface area contributed by atoms with E-state index < -0.39 is 5.97 Å². The summed E-state index contributed by atoms with van der Waals surface area (Å²) in [5, 5.41) is 0. The lowest BCUT2D eigenvalue weighted by Crippen LogP contribution is -2.54. The molecule has 4 nitrogen and oxygen atoms in total. The smallest absolute Gasteiger partial charge is 0.310 e. The molecule has 1 atom stereocenters. The first-order chi connectivity index (χ1) is 7.29. The van der Waals surface area contributed by atoms with E-state index in [4.69, 9.17) is 18.9 Å². The molecule has 0 saturated carbocycles. The molecule has 15 heavy (non-hydrogen) atoms. The maximum atomic E-state index is 5.64. The Morgan fingerprint density at radius 2 is 1.80 bits per heavy atom. The minimum atomic E-state index is -0.974. The van der Waals surface area contributed by atoms with Crippen molar-refractivity contribution >= 4 is 0 Å². The van der Waals surface area contributed by atoms with Gasteiger partial charge in [-0.3, -0.25) is 0 Å². The second-order valence-corrected chi connectivity index (χ2v) is 3.40. The van der Waals surface area contributed by atoms with Crippen molar-refractivity contribution in [3.05, 3.63) is 0 Å². The van der Waals surface area contributed by atoms with Crippen molar-refractivity contribution < 1.29 is 18.9 Å². The van der Waals surface area contributed by atoms with Crippen LogP contribution in [0.3, 0.4) is 0 Å². The average molecular weight is 218 g/mol. The Morgan fingerprint density at radius 1 is 1.13 bits per heavy atom. The third kappa shape index (κ3) is 3.14. The highest BCUT2D eigenvalue weighted by atomic mass is 16.9. The predicted octanol–water partition coefficient (Wildman–Crippen LogP) is 1.93. The quantitative estimate of drug-likeness (QED) is 0.638. The van der Waals surface area contributed by atoms with Crippen LogP contribution in [-0.2, 0) is 18.9 Å². The maximum absolute atomic E-state index is 5.64.